The minimum Gasteiger partial charge on any atom is -0.465 e. The first-order valence-electron chi connectivity index (χ1n) is 8.70. The largest absolute Gasteiger partial charge is 0.465 e. The van der Waals surface area contributed by atoms with Crippen molar-refractivity contribution in [1.82, 2.24) is 5.32 Å². The Kier molecular flexibility index (Phi) is 15.5. The van der Waals surface area contributed by atoms with Crippen LogP contribution >= 0.6 is 0 Å². The lowest BCUT2D eigenvalue weighted by Crippen LogP contribution is -2.31. The summed E-state index contributed by atoms with van der Waals surface area (Å²) in [5.74, 6) is -0.584. The lowest BCUT2D eigenvalue weighted by Gasteiger charge is -2.06. The zero-order valence-corrected chi connectivity index (χ0v) is 14.3. The number of nitrogens with one attached hydrogen (secondary N) is 1. The first-order chi connectivity index (χ1) is 10.7. The van der Waals surface area contributed by atoms with Gasteiger partial charge in [-0.3, -0.25) is 9.59 Å². The summed E-state index contributed by atoms with van der Waals surface area (Å²) in [7, 11) is 0. The molecule has 0 saturated heterocycles. The summed E-state index contributed by atoms with van der Waals surface area (Å²) < 4.78 is 10.1. The normalized spacial score (nSPS) is 10.5. The summed E-state index contributed by atoms with van der Waals surface area (Å²) in [6.07, 6.45) is 10.5. The van der Waals surface area contributed by atoms with E-state index in [4.69, 9.17) is 9.47 Å². The molecule has 1 N–H and O–H groups in total. The predicted molar refractivity (Wildman–Crippen MR) is 87.7 cm³/mol. The Labute approximate surface area is 135 Å². The number of carbonyl (C=O) groups is 2. The van der Waals surface area contributed by atoms with Crippen LogP contribution in [0, 0.1) is 0 Å². The van der Waals surface area contributed by atoms with Crippen LogP contribution in [0.15, 0.2) is 0 Å². The van der Waals surface area contributed by atoms with Gasteiger partial charge in [0.2, 0.25) is 5.91 Å². The van der Waals surface area contributed by atoms with Crippen molar-refractivity contribution >= 4 is 11.9 Å². The van der Waals surface area contributed by atoms with Gasteiger partial charge in [0, 0.05) is 13.0 Å². The Hall–Kier alpha value is -1.10. The van der Waals surface area contributed by atoms with Crippen molar-refractivity contribution in [2.24, 2.45) is 0 Å². The van der Waals surface area contributed by atoms with E-state index in [1.807, 2.05) is 0 Å². The van der Waals surface area contributed by atoms with Crippen LogP contribution in [0.25, 0.3) is 0 Å². The van der Waals surface area contributed by atoms with Gasteiger partial charge in [0.25, 0.3) is 0 Å². The van der Waals surface area contributed by atoms with E-state index in [1.165, 1.54) is 44.9 Å². The van der Waals surface area contributed by atoms with Gasteiger partial charge in [-0.2, -0.15) is 0 Å². The molecule has 0 fully saturated rings. The van der Waals surface area contributed by atoms with Crippen LogP contribution in [0.1, 0.15) is 71.6 Å². The third-order valence-electron chi connectivity index (χ3n) is 3.35. The minimum atomic E-state index is -0.407. The second kappa shape index (κ2) is 16.3. The number of rotatable bonds is 15. The van der Waals surface area contributed by atoms with Gasteiger partial charge < -0.3 is 14.8 Å². The van der Waals surface area contributed by atoms with E-state index in [1.54, 1.807) is 6.92 Å². The number of ether oxygens (including phenoxy) is 2. The van der Waals surface area contributed by atoms with Crippen LogP contribution in [0.2, 0.25) is 0 Å². The highest BCUT2D eigenvalue weighted by Crippen LogP contribution is 2.08. The maximum Gasteiger partial charge on any atom is 0.325 e. The minimum absolute atomic E-state index is 0.0648. The van der Waals surface area contributed by atoms with Crippen molar-refractivity contribution in [2.45, 2.75) is 71.6 Å². The van der Waals surface area contributed by atoms with Gasteiger partial charge in [0.05, 0.1) is 13.2 Å². The molecule has 0 saturated carbocycles. The van der Waals surface area contributed by atoms with Crippen LogP contribution in [0.4, 0.5) is 0 Å². The average Bonchev–Trinajstić information content (AvgIpc) is 2.51. The molecule has 0 bridgehead atoms. The van der Waals surface area contributed by atoms with Crippen LogP contribution in [-0.2, 0) is 19.1 Å². The highest BCUT2D eigenvalue weighted by Gasteiger charge is 2.05. The van der Waals surface area contributed by atoms with Gasteiger partial charge in [-0.1, -0.05) is 51.9 Å². The Bertz CT molecular complexity index is 282. The van der Waals surface area contributed by atoms with Crippen molar-refractivity contribution < 1.29 is 19.1 Å². The Morgan fingerprint density at radius 1 is 0.864 bits per heavy atom. The monoisotopic (exact) mass is 315 g/mol. The standard InChI is InChI=1S/C17H33NO4/c1-3-5-6-7-8-9-10-11-13-21-14-12-16(19)18-15-17(20)22-4-2/h3-15H2,1-2H3,(H,18,19). The van der Waals surface area contributed by atoms with Crippen LogP contribution < -0.4 is 5.32 Å². The molecular weight excluding hydrogens is 282 g/mol. The second-order valence-corrected chi connectivity index (χ2v) is 5.42. The summed E-state index contributed by atoms with van der Waals surface area (Å²) >= 11 is 0. The number of carbonyl (C=O) groups excluding carboxylic acids is 2. The van der Waals surface area contributed by atoms with Crippen LogP contribution in [0.3, 0.4) is 0 Å². The summed E-state index contributed by atoms with van der Waals surface area (Å²) in [5.41, 5.74) is 0. The quantitative estimate of drug-likeness (QED) is 0.372. The molecule has 5 heteroatoms. The van der Waals surface area contributed by atoms with Gasteiger partial charge in [0.1, 0.15) is 6.54 Å². The lowest BCUT2D eigenvalue weighted by atomic mass is 10.1. The van der Waals surface area contributed by atoms with Gasteiger partial charge in [-0.25, -0.2) is 0 Å². The molecule has 22 heavy (non-hydrogen) atoms. The number of esters is 1. The van der Waals surface area contributed by atoms with Crippen LogP contribution in [0.5, 0.6) is 0 Å². The molecule has 0 aromatic rings. The molecule has 0 aliphatic carbocycles. The van der Waals surface area contributed by atoms with Gasteiger partial charge in [-0.05, 0) is 13.3 Å². The molecule has 0 spiro atoms. The summed E-state index contributed by atoms with van der Waals surface area (Å²) in [6, 6.07) is 0. The van der Waals surface area contributed by atoms with E-state index >= 15 is 0 Å². The van der Waals surface area contributed by atoms with Crippen molar-refractivity contribution in [3.05, 3.63) is 0 Å². The van der Waals surface area contributed by atoms with Gasteiger partial charge >= 0.3 is 5.97 Å². The topological polar surface area (TPSA) is 64.6 Å². The number of hydrogen-bond acceptors (Lipinski definition) is 4. The Morgan fingerprint density at radius 2 is 1.50 bits per heavy atom. The summed E-state index contributed by atoms with van der Waals surface area (Å²) in [6.45, 7) is 5.35. The molecule has 0 unspecified atom stereocenters. The fourth-order valence-electron chi connectivity index (χ4n) is 2.08. The average molecular weight is 315 g/mol. The molecule has 0 aromatic carbocycles. The summed E-state index contributed by atoms with van der Waals surface area (Å²) in [4.78, 5) is 22.5. The maximum absolute atomic E-state index is 11.4. The molecule has 0 aromatic heterocycles. The highest BCUT2D eigenvalue weighted by atomic mass is 16.5. The fraction of sp³-hybridized carbons (Fsp3) is 0.882. The number of hydrogen-bond donors (Lipinski definition) is 1. The van der Waals surface area contributed by atoms with E-state index in [0.717, 1.165) is 6.42 Å². The number of unbranched alkanes of at least 4 members (excludes halogenated alkanes) is 7. The Morgan fingerprint density at radius 3 is 2.14 bits per heavy atom. The molecule has 130 valence electrons. The molecule has 1 amide bonds. The van der Waals surface area contributed by atoms with E-state index in [0.29, 0.717) is 19.8 Å². The Balaban J connectivity index is 3.22. The van der Waals surface area contributed by atoms with E-state index < -0.39 is 5.97 Å². The van der Waals surface area contributed by atoms with Crippen molar-refractivity contribution in [3.8, 4) is 0 Å². The molecule has 0 heterocycles. The van der Waals surface area contributed by atoms with Crippen LogP contribution in [-0.4, -0.2) is 38.2 Å². The first kappa shape index (κ1) is 20.9. The molecule has 0 aliphatic rings. The molecule has 5 nitrogen and oxygen atoms in total. The van der Waals surface area contributed by atoms with E-state index in [9.17, 15) is 9.59 Å². The third kappa shape index (κ3) is 15.3. The smallest absolute Gasteiger partial charge is 0.325 e. The van der Waals surface area contributed by atoms with Crippen molar-refractivity contribution in [1.29, 1.82) is 0 Å². The number of amides is 1. The molecule has 0 aliphatic heterocycles. The van der Waals surface area contributed by atoms with Crippen molar-refractivity contribution in [3.63, 3.8) is 0 Å². The van der Waals surface area contributed by atoms with Gasteiger partial charge in [-0.15, -0.1) is 0 Å². The third-order valence-corrected chi connectivity index (χ3v) is 3.35. The fourth-order valence-corrected chi connectivity index (χ4v) is 2.08. The van der Waals surface area contributed by atoms with E-state index in [2.05, 4.69) is 12.2 Å². The first-order valence-corrected chi connectivity index (χ1v) is 8.70. The van der Waals surface area contributed by atoms with Crippen molar-refractivity contribution in [2.75, 3.05) is 26.4 Å². The lowest BCUT2D eigenvalue weighted by molar-refractivity contribution is -0.143. The SMILES string of the molecule is CCCCCCCCCCOCCC(=O)NCC(=O)OCC. The molecule has 0 radical (unpaired) electrons. The zero-order valence-electron chi connectivity index (χ0n) is 14.3. The molecular formula is C17H33NO4. The predicted octanol–water partition coefficient (Wildman–Crippen LogP) is 3.21. The van der Waals surface area contributed by atoms with Gasteiger partial charge in [0.15, 0.2) is 0 Å². The molecule has 0 rings (SSSR count). The molecule has 0 atom stereocenters. The second-order valence-electron chi connectivity index (χ2n) is 5.42. The maximum atomic E-state index is 11.4. The van der Waals surface area contributed by atoms with E-state index in [-0.39, 0.29) is 18.9 Å². The summed E-state index contributed by atoms with van der Waals surface area (Å²) in [5, 5.41) is 2.51. The zero-order chi connectivity index (χ0) is 16.5. The highest BCUT2D eigenvalue weighted by molar-refractivity contribution is 5.81.